The van der Waals surface area contributed by atoms with Gasteiger partial charge in [-0.1, -0.05) is 12.5 Å². The molecular weight excluding hydrogens is 226 g/mol. The number of rotatable bonds is 5. The summed E-state index contributed by atoms with van der Waals surface area (Å²) in [6.07, 6.45) is 5.08. The molecule has 18 heavy (non-hydrogen) atoms. The van der Waals surface area contributed by atoms with Gasteiger partial charge in [0.1, 0.15) is 17.6 Å². The molecule has 0 saturated heterocycles. The maximum atomic E-state index is 6.09. The molecule has 2 atom stereocenters. The highest BCUT2D eigenvalue weighted by molar-refractivity contribution is 5.33. The van der Waals surface area contributed by atoms with E-state index in [0.717, 1.165) is 24.5 Å². The molecule has 0 spiro atoms. The van der Waals surface area contributed by atoms with E-state index in [9.17, 15) is 0 Å². The van der Waals surface area contributed by atoms with E-state index < -0.39 is 0 Å². The van der Waals surface area contributed by atoms with Crippen molar-refractivity contribution in [2.45, 2.75) is 38.7 Å². The lowest BCUT2D eigenvalue weighted by Crippen LogP contribution is -2.35. The van der Waals surface area contributed by atoms with Crippen LogP contribution in [-0.4, -0.2) is 19.3 Å². The monoisotopic (exact) mass is 249 g/mol. The predicted octanol–water partition coefficient (Wildman–Crippen LogP) is 2.98. The Balaban J connectivity index is 2.00. The highest BCUT2D eigenvalue weighted by Gasteiger charge is 2.25. The first kappa shape index (κ1) is 13.2. The van der Waals surface area contributed by atoms with Gasteiger partial charge in [0.05, 0.1) is 6.61 Å². The molecule has 3 nitrogen and oxygen atoms in total. The summed E-state index contributed by atoms with van der Waals surface area (Å²) >= 11 is 0. The number of benzene rings is 1. The quantitative estimate of drug-likeness (QED) is 0.872. The predicted molar refractivity (Wildman–Crippen MR) is 73.0 cm³/mol. The van der Waals surface area contributed by atoms with E-state index in [2.05, 4.69) is 0 Å². The van der Waals surface area contributed by atoms with Crippen LogP contribution in [0.1, 0.15) is 32.6 Å². The third-order valence-electron chi connectivity index (χ3n) is 3.55. The van der Waals surface area contributed by atoms with Gasteiger partial charge in [0, 0.05) is 12.0 Å². The highest BCUT2D eigenvalue weighted by Crippen LogP contribution is 2.29. The number of nitrogens with two attached hydrogens (primary N) is 1. The zero-order valence-corrected chi connectivity index (χ0v) is 11.1. The summed E-state index contributed by atoms with van der Waals surface area (Å²) in [5, 5.41) is 0. The van der Waals surface area contributed by atoms with Crippen LogP contribution in [0.5, 0.6) is 11.5 Å². The van der Waals surface area contributed by atoms with Gasteiger partial charge < -0.3 is 15.2 Å². The molecule has 2 unspecified atom stereocenters. The Bertz CT molecular complexity index is 367. The Morgan fingerprint density at radius 2 is 2.00 bits per heavy atom. The van der Waals surface area contributed by atoms with Crippen molar-refractivity contribution in [3.8, 4) is 11.5 Å². The molecule has 1 aliphatic carbocycles. The van der Waals surface area contributed by atoms with Crippen molar-refractivity contribution in [2.75, 3.05) is 13.2 Å². The van der Waals surface area contributed by atoms with Gasteiger partial charge >= 0.3 is 0 Å². The fourth-order valence-corrected chi connectivity index (χ4v) is 2.58. The fourth-order valence-electron chi connectivity index (χ4n) is 2.58. The van der Waals surface area contributed by atoms with Crippen molar-refractivity contribution in [3.63, 3.8) is 0 Å². The standard InChI is InChI=1S/C15H23NO2/c1-2-17-13-7-5-8-14(10-13)18-15-9-4-3-6-12(15)11-16/h5,7-8,10,12,15H,2-4,6,9,11,16H2,1H3. The number of hydrogen-bond acceptors (Lipinski definition) is 3. The molecule has 1 aromatic rings. The maximum Gasteiger partial charge on any atom is 0.123 e. The van der Waals surface area contributed by atoms with Crippen LogP contribution < -0.4 is 15.2 Å². The molecule has 0 amide bonds. The van der Waals surface area contributed by atoms with Gasteiger partial charge in [-0.25, -0.2) is 0 Å². The maximum absolute atomic E-state index is 6.09. The Hall–Kier alpha value is -1.22. The van der Waals surface area contributed by atoms with Crippen LogP contribution in [0, 0.1) is 5.92 Å². The third-order valence-corrected chi connectivity index (χ3v) is 3.55. The molecule has 0 heterocycles. The lowest BCUT2D eigenvalue weighted by atomic mass is 9.86. The van der Waals surface area contributed by atoms with Gasteiger partial charge in [0.25, 0.3) is 0 Å². The van der Waals surface area contributed by atoms with E-state index in [-0.39, 0.29) is 6.10 Å². The van der Waals surface area contributed by atoms with Gasteiger partial charge in [-0.3, -0.25) is 0 Å². The fraction of sp³-hybridized carbons (Fsp3) is 0.600. The Morgan fingerprint density at radius 3 is 2.78 bits per heavy atom. The van der Waals surface area contributed by atoms with Crippen molar-refractivity contribution in [2.24, 2.45) is 11.7 Å². The van der Waals surface area contributed by atoms with E-state index in [1.165, 1.54) is 19.3 Å². The first-order valence-electron chi connectivity index (χ1n) is 6.93. The minimum absolute atomic E-state index is 0.264. The molecule has 0 aliphatic heterocycles. The first-order chi connectivity index (χ1) is 8.83. The lowest BCUT2D eigenvalue weighted by Gasteiger charge is -2.31. The van der Waals surface area contributed by atoms with Crippen LogP contribution in [-0.2, 0) is 0 Å². The molecule has 1 aliphatic rings. The van der Waals surface area contributed by atoms with Crippen molar-refractivity contribution < 1.29 is 9.47 Å². The minimum Gasteiger partial charge on any atom is -0.494 e. The highest BCUT2D eigenvalue weighted by atomic mass is 16.5. The molecule has 1 fully saturated rings. The van der Waals surface area contributed by atoms with Crippen LogP contribution in [0.4, 0.5) is 0 Å². The second-order valence-corrected chi connectivity index (χ2v) is 4.84. The van der Waals surface area contributed by atoms with Gasteiger partial charge in [-0.2, -0.15) is 0 Å². The smallest absolute Gasteiger partial charge is 0.123 e. The topological polar surface area (TPSA) is 44.5 Å². The Labute approximate surface area is 109 Å². The van der Waals surface area contributed by atoms with E-state index in [1.807, 2.05) is 31.2 Å². The van der Waals surface area contributed by atoms with Crippen molar-refractivity contribution >= 4 is 0 Å². The minimum atomic E-state index is 0.264. The van der Waals surface area contributed by atoms with Crippen molar-refractivity contribution in [1.82, 2.24) is 0 Å². The molecule has 1 saturated carbocycles. The largest absolute Gasteiger partial charge is 0.494 e. The molecule has 2 rings (SSSR count). The van der Waals surface area contributed by atoms with Crippen LogP contribution in [0.3, 0.4) is 0 Å². The molecule has 2 N–H and O–H groups in total. The van der Waals surface area contributed by atoms with E-state index in [4.69, 9.17) is 15.2 Å². The SMILES string of the molecule is CCOc1cccc(OC2CCCCC2CN)c1. The average molecular weight is 249 g/mol. The normalized spacial score (nSPS) is 23.7. The lowest BCUT2D eigenvalue weighted by molar-refractivity contribution is 0.0967. The molecule has 0 bridgehead atoms. The molecule has 100 valence electrons. The van der Waals surface area contributed by atoms with E-state index in [1.54, 1.807) is 0 Å². The summed E-state index contributed by atoms with van der Waals surface area (Å²) in [5.41, 5.74) is 5.82. The molecule has 0 radical (unpaired) electrons. The van der Waals surface area contributed by atoms with E-state index in [0.29, 0.717) is 12.5 Å². The second-order valence-electron chi connectivity index (χ2n) is 4.84. The average Bonchev–Trinajstić information content (AvgIpc) is 2.40. The second kappa shape index (κ2) is 6.64. The molecular formula is C15H23NO2. The Kier molecular flexibility index (Phi) is 4.88. The summed E-state index contributed by atoms with van der Waals surface area (Å²) in [6, 6.07) is 7.88. The van der Waals surface area contributed by atoms with Gasteiger partial charge in [-0.15, -0.1) is 0 Å². The third kappa shape index (κ3) is 3.39. The summed E-state index contributed by atoms with van der Waals surface area (Å²) in [5.74, 6) is 2.26. The zero-order chi connectivity index (χ0) is 12.8. The molecule has 0 aromatic heterocycles. The van der Waals surface area contributed by atoms with Crippen LogP contribution in [0.25, 0.3) is 0 Å². The van der Waals surface area contributed by atoms with Gasteiger partial charge in [0.15, 0.2) is 0 Å². The number of hydrogen-bond donors (Lipinski definition) is 1. The summed E-state index contributed by atoms with van der Waals surface area (Å²) in [7, 11) is 0. The van der Waals surface area contributed by atoms with Gasteiger partial charge in [0.2, 0.25) is 0 Å². The first-order valence-corrected chi connectivity index (χ1v) is 6.93. The van der Waals surface area contributed by atoms with Crippen LogP contribution >= 0.6 is 0 Å². The molecule has 3 heteroatoms. The van der Waals surface area contributed by atoms with Crippen molar-refractivity contribution in [1.29, 1.82) is 0 Å². The zero-order valence-electron chi connectivity index (χ0n) is 11.1. The summed E-state index contributed by atoms with van der Waals surface area (Å²) < 4.78 is 11.6. The van der Waals surface area contributed by atoms with Crippen molar-refractivity contribution in [3.05, 3.63) is 24.3 Å². The molecule has 1 aromatic carbocycles. The van der Waals surface area contributed by atoms with E-state index >= 15 is 0 Å². The van der Waals surface area contributed by atoms with Crippen LogP contribution in [0.15, 0.2) is 24.3 Å². The van der Waals surface area contributed by atoms with Crippen LogP contribution in [0.2, 0.25) is 0 Å². The summed E-state index contributed by atoms with van der Waals surface area (Å²) in [4.78, 5) is 0. The number of ether oxygens (including phenoxy) is 2. The van der Waals surface area contributed by atoms with Gasteiger partial charge in [-0.05, 0) is 44.9 Å². The Morgan fingerprint density at radius 1 is 1.22 bits per heavy atom. The summed E-state index contributed by atoms with van der Waals surface area (Å²) in [6.45, 7) is 3.38.